The van der Waals surface area contributed by atoms with E-state index in [4.69, 9.17) is 9.47 Å². The maximum absolute atomic E-state index is 13.1. The van der Waals surface area contributed by atoms with Gasteiger partial charge in [0.2, 0.25) is 5.91 Å². The molecule has 1 aliphatic rings. The van der Waals surface area contributed by atoms with Gasteiger partial charge in [-0.05, 0) is 44.9 Å². The van der Waals surface area contributed by atoms with Crippen molar-refractivity contribution >= 4 is 5.91 Å². The molecule has 0 radical (unpaired) electrons. The Labute approximate surface area is 470 Å². The molecule has 450 valence electrons. The first-order valence-electron chi connectivity index (χ1n) is 33.6. The summed E-state index contributed by atoms with van der Waals surface area (Å²) in [5, 5.41) is 54.5. The van der Waals surface area contributed by atoms with Crippen molar-refractivity contribution in [3.8, 4) is 0 Å². The van der Waals surface area contributed by atoms with Gasteiger partial charge in [0.15, 0.2) is 6.29 Å². The maximum Gasteiger partial charge on any atom is 0.220 e. The summed E-state index contributed by atoms with van der Waals surface area (Å²) in [5.74, 6) is -0.170. The molecule has 0 aromatic heterocycles. The van der Waals surface area contributed by atoms with Gasteiger partial charge in [-0.2, -0.15) is 0 Å². The molecule has 9 nitrogen and oxygen atoms in total. The number of allylic oxidation sites excluding steroid dienone is 3. The number of amides is 1. The zero-order valence-electron chi connectivity index (χ0n) is 50.3. The van der Waals surface area contributed by atoms with E-state index < -0.39 is 49.5 Å². The van der Waals surface area contributed by atoms with Crippen LogP contribution in [0.4, 0.5) is 0 Å². The summed E-state index contributed by atoms with van der Waals surface area (Å²) in [6, 6.07) is -0.801. The molecule has 1 heterocycles. The van der Waals surface area contributed by atoms with Gasteiger partial charge in [0.25, 0.3) is 0 Å². The first kappa shape index (κ1) is 72.7. The van der Waals surface area contributed by atoms with E-state index in [-0.39, 0.29) is 12.5 Å². The van der Waals surface area contributed by atoms with Crippen molar-refractivity contribution in [2.24, 2.45) is 0 Å². The second-order valence-corrected chi connectivity index (χ2v) is 23.6. The van der Waals surface area contributed by atoms with E-state index in [9.17, 15) is 30.3 Å². The molecule has 76 heavy (non-hydrogen) atoms. The Morgan fingerprint density at radius 2 is 0.737 bits per heavy atom. The molecule has 1 aliphatic heterocycles. The average Bonchev–Trinajstić information content (AvgIpc) is 3.42. The first-order chi connectivity index (χ1) is 37.3. The van der Waals surface area contributed by atoms with Gasteiger partial charge in [0.1, 0.15) is 24.4 Å². The average molecular weight is 1080 g/mol. The van der Waals surface area contributed by atoms with E-state index in [0.29, 0.717) is 6.42 Å². The molecule has 0 aromatic rings. The second-order valence-electron chi connectivity index (χ2n) is 23.6. The number of nitrogens with one attached hydrogen (secondary N) is 1. The fraction of sp³-hybridized carbons (Fsp3) is 0.925. The van der Waals surface area contributed by atoms with Crippen molar-refractivity contribution in [1.82, 2.24) is 5.32 Å². The molecule has 0 bridgehead atoms. The molecular weight excluding hydrogens is 947 g/mol. The van der Waals surface area contributed by atoms with E-state index in [0.717, 1.165) is 38.5 Å². The van der Waals surface area contributed by atoms with E-state index in [1.807, 2.05) is 6.08 Å². The lowest BCUT2D eigenvalue weighted by molar-refractivity contribution is -0.302. The van der Waals surface area contributed by atoms with Crippen molar-refractivity contribution in [1.29, 1.82) is 0 Å². The van der Waals surface area contributed by atoms with E-state index >= 15 is 0 Å². The van der Waals surface area contributed by atoms with Crippen LogP contribution in [0.5, 0.6) is 0 Å². The van der Waals surface area contributed by atoms with Crippen LogP contribution in [0.3, 0.4) is 0 Å². The summed E-state index contributed by atoms with van der Waals surface area (Å²) in [6.07, 6.45) is 67.3. The summed E-state index contributed by atoms with van der Waals surface area (Å²) >= 11 is 0. The summed E-state index contributed by atoms with van der Waals surface area (Å²) in [5.41, 5.74) is 0. The minimum atomic E-state index is -1.56. The Kier molecular flexibility index (Phi) is 54.4. The summed E-state index contributed by atoms with van der Waals surface area (Å²) < 4.78 is 11.3. The van der Waals surface area contributed by atoms with Crippen molar-refractivity contribution in [3.05, 3.63) is 24.3 Å². The quantitative estimate of drug-likeness (QED) is 0.0261. The smallest absolute Gasteiger partial charge is 0.220 e. The summed E-state index contributed by atoms with van der Waals surface area (Å²) in [7, 11) is 0. The van der Waals surface area contributed by atoms with Crippen molar-refractivity contribution in [3.63, 3.8) is 0 Å². The van der Waals surface area contributed by atoms with Gasteiger partial charge < -0.3 is 40.3 Å². The van der Waals surface area contributed by atoms with Crippen LogP contribution in [-0.2, 0) is 14.3 Å². The highest BCUT2D eigenvalue weighted by atomic mass is 16.7. The molecule has 0 aliphatic carbocycles. The zero-order valence-corrected chi connectivity index (χ0v) is 50.3. The summed E-state index contributed by atoms with van der Waals surface area (Å²) in [6.45, 7) is 3.81. The van der Waals surface area contributed by atoms with Crippen LogP contribution in [0.1, 0.15) is 341 Å². The number of carbonyl (C=O) groups is 1. The van der Waals surface area contributed by atoms with Crippen molar-refractivity contribution in [2.75, 3.05) is 13.2 Å². The number of aliphatic hydroxyl groups is 5. The highest BCUT2D eigenvalue weighted by Gasteiger charge is 2.44. The Morgan fingerprint density at radius 1 is 0.434 bits per heavy atom. The number of rotatable bonds is 59. The molecular formula is C67H129NO8. The monoisotopic (exact) mass is 1080 g/mol. The highest BCUT2D eigenvalue weighted by Crippen LogP contribution is 2.23. The SMILES string of the molecule is CCCCCCCCCC/C=C\CCCCCCCCCCCCCCCCCCCCCCCCCCCCCC(=O)NC(COC1OC(CO)C(O)C(O)C1O)C(O)/C=C/CCCCCCCCCCCCCC. The fourth-order valence-electron chi connectivity index (χ4n) is 11.0. The lowest BCUT2D eigenvalue weighted by Crippen LogP contribution is -2.60. The third-order valence-corrected chi connectivity index (χ3v) is 16.3. The minimum absolute atomic E-state index is 0.170. The largest absolute Gasteiger partial charge is 0.394 e. The van der Waals surface area contributed by atoms with Gasteiger partial charge in [0.05, 0.1) is 25.4 Å². The van der Waals surface area contributed by atoms with Crippen LogP contribution >= 0.6 is 0 Å². The van der Waals surface area contributed by atoms with Crippen LogP contribution in [0, 0.1) is 0 Å². The molecule has 0 saturated carbocycles. The van der Waals surface area contributed by atoms with Gasteiger partial charge >= 0.3 is 0 Å². The maximum atomic E-state index is 13.1. The van der Waals surface area contributed by atoms with E-state index in [2.05, 4.69) is 31.3 Å². The molecule has 1 saturated heterocycles. The van der Waals surface area contributed by atoms with E-state index in [1.54, 1.807) is 6.08 Å². The normalized spacial score (nSPS) is 18.9. The lowest BCUT2D eigenvalue weighted by Gasteiger charge is -2.40. The number of carbonyl (C=O) groups excluding carboxylic acids is 1. The Bertz CT molecular complexity index is 1250. The van der Waals surface area contributed by atoms with Gasteiger partial charge in [-0.3, -0.25) is 4.79 Å². The Morgan fingerprint density at radius 3 is 1.07 bits per heavy atom. The van der Waals surface area contributed by atoms with Crippen LogP contribution in [0.2, 0.25) is 0 Å². The molecule has 7 atom stereocenters. The Balaban J connectivity index is 2.02. The number of hydrogen-bond acceptors (Lipinski definition) is 8. The Hall–Kier alpha value is -1.33. The first-order valence-corrected chi connectivity index (χ1v) is 33.6. The van der Waals surface area contributed by atoms with Crippen LogP contribution in [-0.4, -0.2) is 87.5 Å². The molecule has 1 fully saturated rings. The van der Waals surface area contributed by atoms with Gasteiger partial charge in [-0.1, -0.05) is 314 Å². The zero-order chi connectivity index (χ0) is 55.0. The molecule has 9 heteroatoms. The predicted octanol–water partition coefficient (Wildman–Crippen LogP) is 17.7. The second kappa shape index (κ2) is 56.9. The van der Waals surface area contributed by atoms with Crippen LogP contribution in [0.15, 0.2) is 24.3 Å². The van der Waals surface area contributed by atoms with Crippen molar-refractivity contribution < 1.29 is 39.8 Å². The number of aliphatic hydroxyl groups excluding tert-OH is 5. The van der Waals surface area contributed by atoms with Gasteiger partial charge in [-0.25, -0.2) is 0 Å². The van der Waals surface area contributed by atoms with Crippen molar-refractivity contribution in [2.45, 2.75) is 384 Å². The molecule has 0 spiro atoms. The molecule has 1 amide bonds. The molecule has 6 N–H and O–H groups in total. The fourth-order valence-corrected chi connectivity index (χ4v) is 11.0. The van der Waals surface area contributed by atoms with Crippen LogP contribution in [0.25, 0.3) is 0 Å². The standard InChI is InChI=1S/C67H129NO8/c1-3-5-7-9-11-13-15-17-19-20-21-22-23-24-25-26-27-28-29-30-31-32-33-34-35-36-37-38-39-40-41-42-43-45-47-49-51-53-55-57-63(71)68-60(59-75-67-66(74)65(73)64(72)62(58-69)76-67)61(70)56-54-52-50-48-46-44-18-16-14-12-10-8-6-4-2/h20-21,54,56,60-62,64-67,69-70,72-74H,3-19,22-53,55,57-59H2,1-2H3,(H,68,71)/b21-20-,56-54+. The topological polar surface area (TPSA) is 149 Å². The molecule has 0 aromatic carbocycles. The number of ether oxygens (including phenoxy) is 2. The summed E-state index contributed by atoms with van der Waals surface area (Å²) in [4.78, 5) is 13.1. The predicted molar refractivity (Wildman–Crippen MR) is 323 cm³/mol. The lowest BCUT2D eigenvalue weighted by atomic mass is 9.99. The number of hydrogen-bond donors (Lipinski definition) is 6. The molecule has 1 rings (SSSR count). The van der Waals surface area contributed by atoms with E-state index in [1.165, 1.54) is 283 Å². The third kappa shape index (κ3) is 45.4. The minimum Gasteiger partial charge on any atom is -0.394 e. The number of unbranched alkanes of at least 4 members (excludes halogenated alkanes) is 47. The molecule has 7 unspecified atom stereocenters. The van der Waals surface area contributed by atoms with Crippen LogP contribution < -0.4 is 5.32 Å². The van der Waals surface area contributed by atoms with Gasteiger partial charge in [0, 0.05) is 6.42 Å². The highest BCUT2D eigenvalue weighted by molar-refractivity contribution is 5.76. The van der Waals surface area contributed by atoms with Gasteiger partial charge in [-0.15, -0.1) is 0 Å². The third-order valence-electron chi connectivity index (χ3n) is 16.3.